The Labute approximate surface area is 101 Å². The summed E-state index contributed by atoms with van der Waals surface area (Å²) >= 11 is 4.55. The first kappa shape index (κ1) is 12.7. The van der Waals surface area contributed by atoms with Crippen LogP contribution in [-0.2, 0) is 5.41 Å². The normalized spacial score (nSPS) is 10.7. The highest BCUT2D eigenvalue weighted by Gasteiger charge is 2.24. The number of ether oxygens (including phenoxy) is 1. The molecule has 0 fully saturated rings. The number of rotatable bonds is 4. The van der Waals surface area contributed by atoms with Gasteiger partial charge in [-0.15, -0.1) is 0 Å². The third kappa shape index (κ3) is 2.81. The van der Waals surface area contributed by atoms with Gasteiger partial charge in [0.15, 0.2) is 0 Å². The maximum atomic E-state index is 9.82. The van der Waals surface area contributed by atoms with Gasteiger partial charge in [0.1, 0.15) is 11.5 Å². The van der Waals surface area contributed by atoms with Gasteiger partial charge in [-0.3, -0.25) is 0 Å². The van der Waals surface area contributed by atoms with Crippen LogP contribution >= 0.6 is 12.2 Å². The van der Waals surface area contributed by atoms with Crippen molar-refractivity contribution in [3.05, 3.63) is 23.8 Å². The monoisotopic (exact) mass is 237 g/mol. The number of aromatic hydroxyl groups is 1. The second kappa shape index (κ2) is 5.10. The highest BCUT2D eigenvalue weighted by molar-refractivity contribution is 7.78. The van der Waals surface area contributed by atoms with E-state index >= 15 is 0 Å². The van der Waals surface area contributed by atoms with Crippen LogP contribution in [0, 0.1) is 0 Å². The summed E-state index contributed by atoms with van der Waals surface area (Å²) in [4.78, 5) is 3.93. The molecule has 1 aromatic carbocycles. The van der Waals surface area contributed by atoms with E-state index in [0.717, 1.165) is 5.56 Å². The summed E-state index contributed by atoms with van der Waals surface area (Å²) in [5.74, 6) is 0.956. The molecule has 4 heteroatoms. The van der Waals surface area contributed by atoms with Crippen LogP contribution in [0.2, 0.25) is 0 Å². The SMILES string of the molecule is COc1ccc(O)c(C(C)(C)CN=C=S)c1. The summed E-state index contributed by atoms with van der Waals surface area (Å²) in [5, 5.41) is 12.2. The van der Waals surface area contributed by atoms with Gasteiger partial charge in [-0.25, -0.2) is 4.99 Å². The molecule has 3 nitrogen and oxygen atoms in total. The number of methoxy groups -OCH3 is 1. The van der Waals surface area contributed by atoms with Gasteiger partial charge in [-0.1, -0.05) is 13.8 Å². The number of thiocarbonyl (C=S) groups is 1. The minimum absolute atomic E-state index is 0.241. The van der Waals surface area contributed by atoms with Gasteiger partial charge in [0.25, 0.3) is 0 Å². The second-order valence-corrected chi connectivity index (χ2v) is 4.36. The predicted molar refractivity (Wildman–Crippen MR) is 67.6 cm³/mol. The standard InChI is InChI=1S/C12H15NO2S/c1-12(2,7-13-8-16)10-6-9(15-3)4-5-11(10)14/h4-6,14H,7H2,1-3H3. The van der Waals surface area contributed by atoms with Crippen LogP contribution < -0.4 is 4.74 Å². The minimum atomic E-state index is -0.301. The molecule has 0 aliphatic carbocycles. The first-order valence-corrected chi connectivity index (χ1v) is 5.33. The van der Waals surface area contributed by atoms with Gasteiger partial charge in [-0.05, 0) is 30.4 Å². The molecule has 1 rings (SSSR count). The Balaban J connectivity index is 3.14. The van der Waals surface area contributed by atoms with Crippen molar-refractivity contribution in [2.24, 2.45) is 4.99 Å². The Morgan fingerprint density at radius 1 is 1.50 bits per heavy atom. The quantitative estimate of drug-likeness (QED) is 0.646. The van der Waals surface area contributed by atoms with Crippen LogP contribution in [0.5, 0.6) is 11.5 Å². The fourth-order valence-electron chi connectivity index (χ4n) is 1.50. The molecule has 0 unspecified atom stereocenters. The average molecular weight is 237 g/mol. The predicted octanol–water partition coefficient (Wildman–Crippen LogP) is 2.78. The number of phenols is 1. The lowest BCUT2D eigenvalue weighted by Crippen LogP contribution is -2.21. The number of nitrogens with zero attached hydrogens (tertiary/aromatic N) is 1. The molecule has 1 aromatic rings. The first-order valence-electron chi connectivity index (χ1n) is 4.92. The summed E-state index contributed by atoms with van der Waals surface area (Å²) < 4.78 is 5.13. The highest BCUT2D eigenvalue weighted by atomic mass is 32.1. The first-order chi connectivity index (χ1) is 7.51. The Morgan fingerprint density at radius 3 is 2.75 bits per heavy atom. The molecule has 16 heavy (non-hydrogen) atoms. The van der Waals surface area contributed by atoms with Crippen molar-refractivity contribution in [1.82, 2.24) is 0 Å². The molecule has 0 bridgehead atoms. The van der Waals surface area contributed by atoms with Crippen molar-refractivity contribution in [2.45, 2.75) is 19.3 Å². The van der Waals surface area contributed by atoms with Crippen LogP contribution in [0.15, 0.2) is 23.2 Å². The van der Waals surface area contributed by atoms with Gasteiger partial charge in [0, 0.05) is 11.0 Å². The lowest BCUT2D eigenvalue weighted by atomic mass is 9.84. The van der Waals surface area contributed by atoms with Gasteiger partial charge in [0.2, 0.25) is 0 Å². The van der Waals surface area contributed by atoms with Gasteiger partial charge in [0.05, 0.1) is 18.8 Å². The summed E-state index contributed by atoms with van der Waals surface area (Å²) in [6, 6.07) is 5.16. The topological polar surface area (TPSA) is 41.8 Å². The van der Waals surface area contributed by atoms with Crippen molar-refractivity contribution in [1.29, 1.82) is 0 Å². The Hall–Kier alpha value is -1.38. The molecule has 0 heterocycles. The molecule has 0 saturated carbocycles. The fraction of sp³-hybridized carbons (Fsp3) is 0.417. The third-order valence-corrected chi connectivity index (χ3v) is 2.60. The summed E-state index contributed by atoms with van der Waals surface area (Å²) in [7, 11) is 1.60. The number of isothiocyanates is 1. The van der Waals surface area contributed by atoms with Crippen molar-refractivity contribution in [3.63, 3.8) is 0 Å². The molecule has 0 aromatic heterocycles. The van der Waals surface area contributed by atoms with E-state index < -0.39 is 0 Å². The zero-order valence-electron chi connectivity index (χ0n) is 9.65. The van der Waals surface area contributed by atoms with Crippen molar-refractivity contribution in [2.75, 3.05) is 13.7 Å². The molecule has 0 atom stereocenters. The van der Waals surface area contributed by atoms with E-state index in [9.17, 15) is 5.11 Å². The van der Waals surface area contributed by atoms with E-state index in [0.29, 0.717) is 12.3 Å². The van der Waals surface area contributed by atoms with Crippen LogP contribution in [0.3, 0.4) is 0 Å². The molecular weight excluding hydrogens is 222 g/mol. The number of phenolic OH excluding ortho intramolecular Hbond substituents is 1. The molecular formula is C12H15NO2S. The molecule has 0 radical (unpaired) electrons. The van der Waals surface area contributed by atoms with Crippen molar-refractivity contribution >= 4 is 17.4 Å². The third-order valence-electron chi connectivity index (χ3n) is 2.47. The number of hydrogen-bond donors (Lipinski definition) is 1. The van der Waals surface area contributed by atoms with Crippen LogP contribution in [0.25, 0.3) is 0 Å². The average Bonchev–Trinajstić information content (AvgIpc) is 2.27. The minimum Gasteiger partial charge on any atom is -0.508 e. The Morgan fingerprint density at radius 2 is 2.19 bits per heavy atom. The van der Waals surface area contributed by atoms with E-state index in [2.05, 4.69) is 22.4 Å². The van der Waals surface area contributed by atoms with Gasteiger partial charge in [-0.2, -0.15) is 0 Å². The highest BCUT2D eigenvalue weighted by Crippen LogP contribution is 2.33. The van der Waals surface area contributed by atoms with Gasteiger partial charge >= 0.3 is 0 Å². The van der Waals surface area contributed by atoms with E-state index in [1.165, 1.54) is 0 Å². The van der Waals surface area contributed by atoms with Gasteiger partial charge < -0.3 is 9.84 Å². The summed E-state index contributed by atoms with van der Waals surface area (Å²) in [6.07, 6.45) is 0. The van der Waals surface area contributed by atoms with Crippen molar-refractivity contribution < 1.29 is 9.84 Å². The molecule has 0 spiro atoms. The van der Waals surface area contributed by atoms with Crippen LogP contribution in [0.1, 0.15) is 19.4 Å². The zero-order chi connectivity index (χ0) is 12.2. The summed E-state index contributed by atoms with van der Waals surface area (Å²) in [5.41, 5.74) is 0.491. The maximum Gasteiger partial charge on any atom is 0.119 e. The van der Waals surface area contributed by atoms with Crippen LogP contribution in [-0.4, -0.2) is 23.9 Å². The fourth-order valence-corrected chi connectivity index (χ4v) is 1.56. The van der Waals surface area contributed by atoms with E-state index in [1.807, 2.05) is 19.9 Å². The number of aliphatic imine (C=N–C) groups is 1. The zero-order valence-corrected chi connectivity index (χ0v) is 10.5. The van der Waals surface area contributed by atoms with E-state index in [-0.39, 0.29) is 11.2 Å². The molecule has 86 valence electrons. The van der Waals surface area contributed by atoms with Crippen LogP contribution in [0.4, 0.5) is 0 Å². The van der Waals surface area contributed by atoms with Crippen molar-refractivity contribution in [3.8, 4) is 11.5 Å². The van der Waals surface area contributed by atoms with E-state index in [1.54, 1.807) is 19.2 Å². The van der Waals surface area contributed by atoms with E-state index in [4.69, 9.17) is 4.74 Å². The molecule has 0 aliphatic rings. The largest absolute Gasteiger partial charge is 0.508 e. The molecule has 0 aliphatic heterocycles. The molecule has 0 saturated heterocycles. The lowest BCUT2D eigenvalue weighted by molar-refractivity contribution is 0.403. The lowest BCUT2D eigenvalue weighted by Gasteiger charge is -2.23. The number of hydrogen-bond acceptors (Lipinski definition) is 4. The summed E-state index contributed by atoms with van der Waals surface area (Å²) in [6.45, 7) is 4.45. The Bertz CT molecular complexity index is 423. The smallest absolute Gasteiger partial charge is 0.119 e. The molecule has 1 N–H and O–H groups in total. The maximum absolute atomic E-state index is 9.82. The molecule has 0 amide bonds. The number of benzene rings is 1. The Kier molecular flexibility index (Phi) is 4.05. The second-order valence-electron chi connectivity index (χ2n) is 4.17.